The lowest BCUT2D eigenvalue weighted by Gasteiger charge is -2.37. The van der Waals surface area contributed by atoms with Crippen LogP contribution < -0.4 is 0 Å². The molecule has 1 aromatic rings. The molecule has 0 radical (unpaired) electrons. The number of sulfonamides is 1. The molecule has 2 fully saturated rings. The van der Waals surface area contributed by atoms with E-state index in [4.69, 9.17) is 0 Å². The van der Waals surface area contributed by atoms with Crippen molar-refractivity contribution in [1.82, 2.24) is 9.21 Å². The van der Waals surface area contributed by atoms with E-state index in [2.05, 4.69) is 36.1 Å². The first-order chi connectivity index (χ1) is 13.5. The Morgan fingerprint density at radius 1 is 1.11 bits per heavy atom. The molecule has 1 aromatic carbocycles. The summed E-state index contributed by atoms with van der Waals surface area (Å²) in [6.45, 7) is 5.78. The fourth-order valence-electron chi connectivity index (χ4n) is 4.93. The molecule has 2 aliphatic heterocycles. The van der Waals surface area contributed by atoms with Crippen LogP contribution in [0.3, 0.4) is 0 Å². The van der Waals surface area contributed by atoms with Crippen LogP contribution in [-0.4, -0.2) is 55.0 Å². The van der Waals surface area contributed by atoms with Crippen LogP contribution in [0.15, 0.2) is 30.3 Å². The fraction of sp³-hybridized carbons (Fsp3) is 0.682. The van der Waals surface area contributed by atoms with Gasteiger partial charge in [0.2, 0.25) is 15.9 Å². The van der Waals surface area contributed by atoms with Crippen molar-refractivity contribution in [3.63, 3.8) is 0 Å². The highest BCUT2D eigenvalue weighted by molar-refractivity contribution is 7.89. The van der Waals surface area contributed by atoms with Crippen molar-refractivity contribution in [3.05, 3.63) is 35.9 Å². The number of hydrogen-bond donors (Lipinski definition) is 0. The summed E-state index contributed by atoms with van der Waals surface area (Å²) in [5.41, 5.74) is 1.30. The van der Waals surface area contributed by atoms with Crippen LogP contribution >= 0.6 is 0 Å². The van der Waals surface area contributed by atoms with Crippen LogP contribution in [0.5, 0.6) is 0 Å². The van der Waals surface area contributed by atoms with Gasteiger partial charge in [0, 0.05) is 31.6 Å². The molecule has 3 atom stereocenters. The zero-order valence-corrected chi connectivity index (χ0v) is 18.0. The van der Waals surface area contributed by atoms with Gasteiger partial charge in [-0.25, -0.2) is 12.7 Å². The maximum Gasteiger partial charge on any atom is 0.227 e. The van der Waals surface area contributed by atoms with Gasteiger partial charge in [-0.3, -0.25) is 4.79 Å². The quantitative estimate of drug-likeness (QED) is 0.695. The molecular weight excluding hydrogens is 372 g/mol. The first-order valence-corrected chi connectivity index (χ1v) is 12.4. The Bertz CT molecular complexity index is 750. The van der Waals surface area contributed by atoms with E-state index in [1.807, 2.05) is 13.0 Å². The summed E-state index contributed by atoms with van der Waals surface area (Å²) >= 11 is 0. The highest BCUT2D eigenvalue weighted by Gasteiger charge is 2.39. The summed E-state index contributed by atoms with van der Waals surface area (Å²) in [5, 5.41) is 0. The number of hydrogen-bond acceptors (Lipinski definition) is 3. The van der Waals surface area contributed by atoms with Crippen molar-refractivity contribution in [3.8, 4) is 0 Å². The van der Waals surface area contributed by atoms with Gasteiger partial charge in [0.25, 0.3) is 0 Å². The van der Waals surface area contributed by atoms with E-state index >= 15 is 0 Å². The van der Waals surface area contributed by atoms with Crippen molar-refractivity contribution in [2.24, 2.45) is 5.92 Å². The van der Waals surface area contributed by atoms with Gasteiger partial charge in [-0.15, -0.1) is 0 Å². The molecule has 6 heteroatoms. The zero-order valence-electron chi connectivity index (χ0n) is 17.2. The van der Waals surface area contributed by atoms with E-state index in [9.17, 15) is 13.2 Å². The Hall–Kier alpha value is -1.40. The van der Waals surface area contributed by atoms with Crippen molar-refractivity contribution in [2.45, 2.75) is 64.3 Å². The third-order valence-electron chi connectivity index (χ3n) is 6.30. The maximum atomic E-state index is 13.4. The molecule has 156 valence electrons. The highest BCUT2D eigenvalue weighted by Crippen LogP contribution is 2.35. The van der Waals surface area contributed by atoms with Gasteiger partial charge in [0.05, 0.1) is 11.7 Å². The van der Waals surface area contributed by atoms with Gasteiger partial charge in [-0.1, -0.05) is 44.2 Å². The number of carbonyl (C=O) groups is 1. The molecule has 5 nitrogen and oxygen atoms in total. The Kier molecular flexibility index (Phi) is 7.15. The van der Waals surface area contributed by atoms with Gasteiger partial charge in [0.15, 0.2) is 0 Å². The van der Waals surface area contributed by atoms with Crippen LogP contribution in [0.1, 0.15) is 63.9 Å². The minimum absolute atomic E-state index is 0.160. The molecule has 2 aliphatic rings. The van der Waals surface area contributed by atoms with E-state index < -0.39 is 10.0 Å². The lowest BCUT2D eigenvalue weighted by atomic mass is 9.87. The summed E-state index contributed by atoms with van der Waals surface area (Å²) < 4.78 is 26.5. The van der Waals surface area contributed by atoms with Crippen molar-refractivity contribution < 1.29 is 13.2 Å². The van der Waals surface area contributed by atoms with Crippen LogP contribution in [0.2, 0.25) is 0 Å². The van der Waals surface area contributed by atoms with E-state index in [-0.39, 0.29) is 23.6 Å². The third-order valence-corrected chi connectivity index (χ3v) is 8.35. The topological polar surface area (TPSA) is 57.7 Å². The summed E-state index contributed by atoms with van der Waals surface area (Å²) in [7, 11) is -3.24. The molecule has 0 aromatic heterocycles. The molecule has 3 rings (SSSR count). The maximum absolute atomic E-state index is 13.4. The molecule has 3 unspecified atom stereocenters. The second-order valence-corrected chi connectivity index (χ2v) is 10.3. The molecule has 2 heterocycles. The highest BCUT2D eigenvalue weighted by atomic mass is 32.2. The summed E-state index contributed by atoms with van der Waals surface area (Å²) in [4.78, 5) is 15.5. The van der Waals surface area contributed by atoms with Crippen LogP contribution in [0, 0.1) is 5.92 Å². The minimum atomic E-state index is -3.24. The average molecular weight is 407 g/mol. The van der Waals surface area contributed by atoms with Crippen molar-refractivity contribution in [1.29, 1.82) is 0 Å². The predicted octanol–water partition coefficient (Wildman–Crippen LogP) is 3.62. The molecule has 0 N–H and O–H groups in total. The molecule has 0 saturated carbocycles. The van der Waals surface area contributed by atoms with Gasteiger partial charge in [-0.2, -0.15) is 0 Å². The second kappa shape index (κ2) is 9.40. The minimum Gasteiger partial charge on any atom is -0.339 e. The largest absolute Gasteiger partial charge is 0.339 e. The lowest BCUT2D eigenvalue weighted by molar-refractivity contribution is -0.138. The number of likely N-dealkylation sites (tertiary alicyclic amines) is 1. The van der Waals surface area contributed by atoms with Gasteiger partial charge >= 0.3 is 0 Å². The zero-order chi connectivity index (χ0) is 20.1. The van der Waals surface area contributed by atoms with E-state index in [1.165, 1.54) is 5.56 Å². The van der Waals surface area contributed by atoms with Crippen LogP contribution in [0.25, 0.3) is 0 Å². The molecule has 1 amide bonds. The molecule has 0 aliphatic carbocycles. The van der Waals surface area contributed by atoms with Gasteiger partial charge in [-0.05, 0) is 44.1 Å². The molecule has 0 bridgehead atoms. The lowest BCUT2D eigenvalue weighted by Crippen LogP contribution is -2.49. The van der Waals surface area contributed by atoms with Crippen molar-refractivity contribution in [2.75, 3.05) is 25.4 Å². The molecule has 0 spiro atoms. The molecular formula is C22H34N2O3S. The van der Waals surface area contributed by atoms with E-state index in [0.29, 0.717) is 25.4 Å². The molecule has 28 heavy (non-hydrogen) atoms. The SMILES string of the molecule is CCCS(=O)(=O)N1CCCC(C(=O)N2CCCC2C(CC)c2ccccc2)C1. The Morgan fingerprint density at radius 3 is 2.50 bits per heavy atom. The third kappa shape index (κ3) is 4.60. The summed E-state index contributed by atoms with van der Waals surface area (Å²) in [6.07, 6.45) is 5.24. The van der Waals surface area contributed by atoms with Gasteiger partial charge < -0.3 is 4.90 Å². The number of benzene rings is 1. The first kappa shape index (κ1) is 21.3. The number of carbonyl (C=O) groups excluding carboxylic acids is 1. The Balaban J connectivity index is 1.73. The predicted molar refractivity (Wildman–Crippen MR) is 113 cm³/mol. The normalized spacial score (nSPS) is 25.0. The number of nitrogens with zero attached hydrogens (tertiary/aromatic N) is 2. The van der Waals surface area contributed by atoms with Crippen LogP contribution in [-0.2, 0) is 14.8 Å². The number of piperidine rings is 1. The number of rotatable bonds is 7. The monoisotopic (exact) mass is 406 g/mol. The average Bonchev–Trinajstić information content (AvgIpc) is 3.18. The smallest absolute Gasteiger partial charge is 0.227 e. The summed E-state index contributed by atoms with van der Waals surface area (Å²) in [6, 6.07) is 10.7. The van der Waals surface area contributed by atoms with Crippen LogP contribution in [0.4, 0.5) is 0 Å². The Labute approximate surface area is 170 Å². The number of amides is 1. The first-order valence-electron chi connectivity index (χ1n) is 10.8. The summed E-state index contributed by atoms with van der Waals surface area (Å²) in [5.74, 6) is 0.477. The second-order valence-electron chi connectivity index (χ2n) is 8.18. The molecule has 2 saturated heterocycles. The fourth-order valence-corrected chi connectivity index (χ4v) is 6.52. The van der Waals surface area contributed by atoms with Gasteiger partial charge in [0.1, 0.15) is 0 Å². The Morgan fingerprint density at radius 2 is 1.82 bits per heavy atom. The van der Waals surface area contributed by atoms with E-state index in [1.54, 1.807) is 4.31 Å². The standard InChI is InChI=1S/C22H34N2O3S/c1-3-16-28(26,27)23-14-8-12-19(17-23)22(25)24-15-9-13-21(24)20(4-2)18-10-6-5-7-11-18/h5-7,10-11,19-21H,3-4,8-9,12-17H2,1-2H3. The van der Waals surface area contributed by atoms with Crippen molar-refractivity contribution >= 4 is 15.9 Å². The van der Waals surface area contributed by atoms with E-state index in [0.717, 1.165) is 38.6 Å².